The van der Waals surface area contributed by atoms with E-state index in [0.29, 0.717) is 17.5 Å². The molecule has 0 aliphatic carbocycles. The number of alkyl halides is 3. The molecule has 1 aromatic heterocycles. The Bertz CT molecular complexity index is 667. The third-order valence-electron chi connectivity index (χ3n) is 3.09. The van der Waals surface area contributed by atoms with Gasteiger partial charge in [-0.3, -0.25) is 0 Å². The van der Waals surface area contributed by atoms with E-state index >= 15 is 0 Å². The van der Waals surface area contributed by atoms with Crippen molar-refractivity contribution in [3.63, 3.8) is 0 Å². The van der Waals surface area contributed by atoms with Gasteiger partial charge in [-0.25, -0.2) is 9.98 Å². The van der Waals surface area contributed by atoms with Crippen molar-refractivity contribution < 1.29 is 13.2 Å². The maximum Gasteiger partial charge on any atom is 0.416 e. The van der Waals surface area contributed by atoms with Crippen LogP contribution in [0.2, 0.25) is 0 Å². The number of aromatic nitrogens is 1. The third kappa shape index (κ3) is 6.07. The number of thioether (sulfide) groups is 1. The first-order valence-corrected chi connectivity index (χ1v) is 8.35. The summed E-state index contributed by atoms with van der Waals surface area (Å²) in [5, 5.41) is 0. The first kappa shape index (κ1) is 20.3. The lowest BCUT2D eigenvalue weighted by Gasteiger charge is -2.10. The highest BCUT2D eigenvalue weighted by Crippen LogP contribution is 2.30. The lowest BCUT2D eigenvalue weighted by atomic mass is 9.92. The molecule has 0 spiro atoms. The quantitative estimate of drug-likeness (QED) is 0.353. The normalized spacial score (nSPS) is 14.6. The van der Waals surface area contributed by atoms with E-state index in [-0.39, 0.29) is 11.7 Å². The van der Waals surface area contributed by atoms with Crippen LogP contribution in [0.25, 0.3) is 0 Å². The van der Waals surface area contributed by atoms with Crippen LogP contribution < -0.4 is 5.73 Å². The van der Waals surface area contributed by atoms with E-state index in [4.69, 9.17) is 13.6 Å². The fourth-order valence-electron chi connectivity index (χ4n) is 1.67. The van der Waals surface area contributed by atoms with Crippen LogP contribution in [0.1, 0.15) is 32.8 Å². The number of rotatable bonds is 6. The molecule has 1 aromatic rings. The lowest BCUT2D eigenvalue weighted by molar-refractivity contribution is -0.137. The lowest BCUT2D eigenvalue weighted by Crippen LogP contribution is -2.14. The monoisotopic (exact) mass is 353 g/mol. The van der Waals surface area contributed by atoms with Crippen molar-refractivity contribution in [2.45, 2.75) is 33.4 Å². The minimum atomic E-state index is -4.45. The summed E-state index contributed by atoms with van der Waals surface area (Å²) in [6.07, 6.45) is -0.891. The highest BCUT2D eigenvalue weighted by molar-refractivity contribution is 8.03. The van der Waals surface area contributed by atoms with E-state index in [2.05, 4.69) is 9.98 Å². The largest absolute Gasteiger partial charge is 0.416 e. The van der Waals surface area contributed by atoms with E-state index in [0.717, 1.165) is 29.0 Å². The van der Waals surface area contributed by atoms with Gasteiger partial charge >= 0.3 is 6.18 Å². The van der Waals surface area contributed by atoms with E-state index in [1.807, 2.05) is 19.9 Å². The van der Waals surface area contributed by atoms with E-state index in [9.17, 15) is 13.2 Å². The first-order valence-electron chi connectivity index (χ1n) is 7.36. The van der Waals surface area contributed by atoms with Gasteiger partial charge in [-0.05, 0) is 31.2 Å². The molecule has 8 heteroatoms. The predicted molar refractivity (Wildman–Crippen MR) is 95.5 cm³/mol. The SMILES string of the molecule is [B]/C(=C/C(SCC)=C(\C)C(N)=Nc1cc(C(F)(F)F)ccn1)CC. The number of allylic oxidation sites excluding steroid dienone is 2. The Morgan fingerprint density at radius 3 is 2.62 bits per heavy atom. The topological polar surface area (TPSA) is 51.3 Å². The molecule has 0 aliphatic rings. The van der Waals surface area contributed by atoms with Gasteiger partial charge < -0.3 is 5.73 Å². The molecular formula is C16H19BF3N3S. The summed E-state index contributed by atoms with van der Waals surface area (Å²) in [5.41, 5.74) is 6.47. The van der Waals surface area contributed by atoms with Gasteiger partial charge in [0.15, 0.2) is 5.82 Å². The molecule has 3 nitrogen and oxygen atoms in total. The van der Waals surface area contributed by atoms with Gasteiger partial charge in [0.1, 0.15) is 13.7 Å². The number of hydrogen-bond donors (Lipinski definition) is 1. The Kier molecular flexibility index (Phi) is 7.60. The zero-order valence-electron chi connectivity index (χ0n) is 13.8. The van der Waals surface area contributed by atoms with Gasteiger partial charge in [0.2, 0.25) is 0 Å². The zero-order chi connectivity index (χ0) is 18.3. The highest BCUT2D eigenvalue weighted by Gasteiger charge is 2.30. The van der Waals surface area contributed by atoms with Crippen molar-refractivity contribution >= 4 is 31.3 Å². The van der Waals surface area contributed by atoms with Crippen molar-refractivity contribution in [1.82, 2.24) is 4.98 Å². The molecule has 24 heavy (non-hydrogen) atoms. The average molecular weight is 353 g/mol. The van der Waals surface area contributed by atoms with Crippen molar-refractivity contribution in [2.75, 3.05) is 5.75 Å². The molecule has 0 unspecified atom stereocenters. The fourth-order valence-corrected chi connectivity index (χ4v) is 2.54. The number of nitrogens with zero attached hydrogens (tertiary/aromatic N) is 2. The molecule has 0 bridgehead atoms. The summed E-state index contributed by atoms with van der Waals surface area (Å²) in [5.74, 6) is 0.822. The summed E-state index contributed by atoms with van der Waals surface area (Å²) in [6.45, 7) is 5.67. The van der Waals surface area contributed by atoms with Gasteiger partial charge in [0, 0.05) is 16.7 Å². The molecule has 0 atom stereocenters. The Morgan fingerprint density at radius 2 is 2.08 bits per heavy atom. The van der Waals surface area contributed by atoms with Crippen molar-refractivity contribution in [1.29, 1.82) is 0 Å². The molecule has 1 rings (SSSR count). The van der Waals surface area contributed by atoms with Gasteiger partial charge in [-0.1, -0.05) is 19.9 Å². The highest BCUT2D eigenvalue weighted by atomic mass is 32.2. The number of amidine groups is 1. The van der Waals surface area contributed by atoms with Crippen molar-refractivity contribution in [3.05, 3.63) is 45.9 Å². The first-order chi connectivity index (χ1) is 11.2. The molecule has 0 saturated heterocycles. The molecule has 0 aliphatic heterocycles. The molecule has 128 valence electrons. The molecule has 2 radical (unpaired) electrons. The number of halogens is 3. The van der Waals surface area contributed by atoms with Crippen LogP contribution in [-0.4, -0.2) is 24.4 Å². The van der Waals surface area contributed by atoms with Crippen LogP contribution in [0, 0.1) is 0 Å². The van der Waals surface area contributed by atoms with E-state index < -0.39 is 11.7 Å². The predicted octanol–water partition coefficient (Wildman–Crippen LogP) is 4.58. The molecule has 1 heterocycles. The van der Waals surface area contributed by atoms with Gasteiger partial charge in [0.05, 0.1) is 5.56 Å². The number of aliphatic imine (C=N–C) groups is 1. The maximum absolute atomic E-state index is 12.7. The van der Waals surface area contributed by atoms with Crippen LogP contribution in [0.15, 0.2) is 45.3 Å². The summed E-state index contributed by atoms with van der Waals surface area (Å²) < 4.78 is 38.2. The van der Waals surface area contributed by atoms with Crippen molar-refractivity contribution in [2.24, 2.45) is 10.7 Å². The average Bonchev–Trinajstić information content (AvgIpc) is 2.53. The Morgan fingerprint density at radius 1 is 1.42 bits per heavy atom. The molecule has 2 N–H and O–H groups in total. The van der Waals surface area contributed by atoms with Crippen LogP contribution in [-0.2, 0) is 6.18 Å². The minimum absolute atomic E-state index is 0.0880. The minimum Gasteiger partial charge on any atom is -0.383 e. The fraction of sp³-hybridized carbons (Fsp3) is 0.375. The summed E-state index contributed by atoms with van der Waals surface area (Å²) >= 11 is 1.54. The number of hydrogen-bond acceptors (Lipinski definition) is 3. The second kappa shape index (κ2) is 8.96. The molecule has 0 amide bonds. The summed E-state index contributed by atoms with van der Waals surface area (Å²) in [4.78, 5) is 8.67. The van der Waals surface area contributed by atoms with Gasteiger partial charge in [-0.15, -0.1) is 17.2 Å². The van der Waals surface area contributed by atoms with Crippen LogP contribution in [0.5, 0.6) is 0 Å². The molecular weight excluding hydrogens is 334 g/mol. The molecule has 0 fully saturated rings. The van der Waals surface area contributed by atoms with E-state index in [1.54, 1.807) is 6.92 Å². The second-order valence-corrected chi connectivity index (χ2v) is 6.20. The van der Waals surface area contributed by atoms with Crippen LogP contribution >= 0.6 is 11.8 Å². The van der Waals surface area contributed by atoms with Gasteiger partial charge in [-0.2, -0.15) is 13.2 Å². The van der Waals surface area contributed by atoms with Crippen molar-refractivity contribution in [3.8, 4) is 0 Å². The standard InChI is InChI=1S/C16H19BF3N3S/c1-4-12(17)9-13(24-5-2)10(3)15(21)23-14-8-11(6-7-22-14)16(18,19)20/h6-9H,4-5H2,1-3H3,(H2,21,22,23)/b12-9+,13-10-. The van der Waals surface area contributed by atoms with E-state index in [1.165, 1.54) is 11.8 Å². The van der Waals surface area contributed by atoms with Crippen LogP contribution in [0.4, 0.5) is 19.0 Å². The number of nitrogens with two attached hydrogens (primary N) is 1. The maximum atomic E-state index is 12.7. The summed E-state index contributed by atoms with van der Waals surface area (Å²) in [6, 6.07) is 1.75. The summed E-state index contributed by atoms with van der Waals surface area (Å²) in [7, 11) is 5.86. The Labute approximate surface area is 145 Å². The number of pyridine rings is 1. The third-order valence-corrected chi connectivity index (χ3v) is 4.11. The van der Waals surface area contributed by atoms with Gasteiger partial charge in [0.25, 0.3) is 0 Å². The second-order valence-electron chi connectivity index (χ2n) is 4.89. The smallest absolute Gasteiger partial charge is 0.383 e. The molecule has 0 aromatic carbocycles. The zero-order valence-corrected chi connectivity index (χ0v) is 14.6. The Hall–Kier alpha value is -1.70. The Balaban J connectivity index is 3.24. The molecule has 0 saturated carbocycles. The van der Waals surface area contributed by atoms with Crippen LogP contribution in [0.3, 0.4) is 0 Å².